The molecule has 0 spiro atoms. The summed E-state index contributed by atoms with van der Waals surface area (Å²) in [6.07, 6.45) is 3.32. The molecule has 0 saturated heterocycles. The topological polar surface area (TPSA) is 42.0 Å². The highest BCUT2D eigenvalue weighted by Gasteiger charge is 2.23. The fraction of sp³-hybridized carbons (Fsp3) is 0.333. The standard InChI is InChI=1S/C12H12N2OS2/c15-12(10-6-16-7-13-10)14-9-2-1-3-11-8(9)4-5-17-11/h4-7,9H,1-3H2,(H,14,15). The van der Waals surface area contributed by atoms with Gasteiger partial charge in [0.25, 0.3) is 5.91 Å². The molecule has 1 aliphatic carbocycles. The number of amides is 1. The number of nitrogens with one attached hydrogen (secondary N) is 1. The van der Waals surface area contributed by atoms with E-state index in [-0.39, 0.29) is 11.9 Å². The van der Waals surface area contributed by atoms with Crippen molar-refractivity contribution in [3.05, 3.63) is 38.5 Å². The van der Waals surface area contributed by atoms with E-state index in [1.165, 1.54) is 21.8 Å². The van der Waals surface area contributed by atoms with E-state index >= 15 is 0 Å². The molecule has 3 nitrogen and oxygen atoms in total. The quantitative estimate of drug-likeness (QED) is 0.906. The van der Waals surface area contributed by atoms with Crippen LogP contribution in [-0.4, -0.2) is 10.9 Å². The second kappa shape index (κ2) is 4.58. The minimum Gasteiger partial charge on any atom is -0.344 e. The Kier molecular flexibility index (Phi) is 2.94. The van der Waals surface area contributed by atoms with Crippen LogP contribution in [0.3, 0.4) is 0 Å². The number of thiazole rings is 1. The van der Waals surface area contributed by atoms with Crippen LogP contribution in [0.25, 0.3) is 0 Å². The molecule has 1 unspecified atom stereocenters. The van der Waals surface area contributed by atoms with Crippen LogP contribution in [0.1, 0.15) is 39.8 Å². The van der Waals surface area contributed by atoms with Crippen LogP contribution in [0.2, 0.25) is 0 Å². The average molecular weight is 264 g/mol. The van der Waals surface area contributed by atoms with Gasteiger partial charge < -0.3 is 5.32 Å². The van der Waals surface area contributed by atoms with Crippen LogP contribution in [0.5, 0.6) is 0 Å². The number of carbonyl (C=O) groups excluding carboxylic acids is 1. The fourth-order valence-corrected chi connectivity index (χ4v) is 3.71. The van der Waals surface area contributed by atoms with Crippen molar-refractivity contribution in [1.82, 2.24) is 10.3 Å². The van der Waals surface area contributed by atoms with Gasteiger partial charge in [-0.25, -0.2) is 4.98 Å². The first kappa shape index (κ1) is 10.9. The summed E-state index contributed by atoms with van der Waals surface area (Å²) in [6.45, 7) is 0. The summed E-state index contributed by atoms with van der Waals surface area (Å²) in [4.78, 5) is 17.4. The second-order valence-corrected chi connectivity index (χ2v) is 5.81. The summed E-state index contributed by atoms with van der Waals surface area (Å²) in [5.41, 5.74) is 3.51. The van der Waals surface area contributed by atoms with E-state index in [0.717, 1.165) is 19.3 Å². The molecule has 1 atom stereocenters. The van der Waals surface area contributed by atoms with Crippen LogP contribution in [0, 0.1) is 0 Å². The highest BCUT2D eigenvalue weighted by molar-refractivity contribution is 7.10. The van der Waals surface area contributed by atoms with Gasteiger partial charge in [-0.2, -0.15) is 0 Å². The molecule has 2 aromatic rings. The van der Waals surface area contributed by atoms with Crippen LogP contribution < -0.4 is 5.32 Å². The van der Waals surface area contributed by atoms with Gasteiger partial charge >= 0.3 is 0 Å². The number of hydrogen-bond donors (Lipinski definition) is 1. The van der Waals surface area contributed by atoms with E-state index in [9.17, 15) is 4.79 Å². The van der Waals surface area contributed by atoms with E-state index in [0.29, 0.717) is 5.69 Å². The second-order valence-electron chi connectivity index (χ2n) is 4.09. The largest absolute Gasteiger partial charge is 0.344 e. The lowest BCUT2D eigenvalue weighted by atomic mass is 9.94. The SMILES string of the molecule is O=C(NC1CCCc2sccc21)c1cscn1. The van der Waals surface area contributed by atoms with E-state index in [1.807, 2.05) is 0 Å². The van der Waals surface area contributed by atoms with E-state index in [4.69, 9.17) is 0 Å². The van der Waals surface area contributed by atoms with Gasteiger partial charge in [0.15, 0.2) is 0 Å². The number of carbonyl (C=O) groups is 1. The molecule has 2 heterocycles. The molecule has 0 saturated carbocycles. The highest BCUT2D eigenvalue weighted by atomic mass is 32.1. The lowest BCUT2D eigenvalue weighted by Crippen LogP contribution is -2.30. The molecule has 88 valence electrons. The van der Waals surface area contributed by atoms with E-state index in [2.05, 4.69) is 21.7 Å². The average Bonchev–Trinajstić information content (AvgIpc) is 3.00. The summed E-state index contributed by atoms with van der Waals surface area (Å²) < 4.78 is 0. The summed E-state index contributed by atoms with van der Waals surface area (Å²) in [5.74, 6) is -0.0599. The maximum atomic E-state index is 11.9. The Morgan fingerprint density at radius 1 is 1.53 bits per heavy atom. The Bertz CT molecular complexity index is 518. The molecule has 1 N–H and O–H groups in total. The normalized spacial score (nSPS) is 18.7. The third-order valence-electron chi connectivity index (χ3n) is 3.02. The number of aromatic nitrogens is 1. The third-order valence-corrected chi connectivity index (χ3v) is 4.61. The van der Waals surface area contributed by atoms with Crippen LogP contribution in [0.15, 0.2) is 22.3 Å². The Morgan fingerprint density at radius 2 is 2.47 bits per heavy atom. The van der Waals surface area contributed by atoms with Crippen molar-refractivity contribution in [1.29, 1.82) is 0 Å². The van der Waals surface area contributed by atoms with E-state index in [1.54, 1.807) is 22.2 Å². The minimum absolute atomic E-state index is 0.0599. The van der Waals surface area contributed by atoms with Gasteiger partial charge in [-0.1, -0.05) is 0 Å². The Morgan fingerprint density at radius 3 is 3.29 bits per heavy atom. The summed E-state index contributed by atoms with van der Waals surface area (Å²) >= 11 is 3.24. The van der Waals surface area contributed by atoms with Crippen LogP contribution >= 0.6 is 22.7 Å². The smallest absolute Gasteiger partial charge is 0.271 e. The molecular formula is C12H12N2OS2. The van der Waals surface area contributed by atoms with Crippen LogP contribution in [0.4, 0.5) is 0 Å². The molecule has 1 amide bonds. The number of nitrogens with zero attached hydrogens (tertiary/aromatic N) is 1. The van der Waals surface area contributed by atoms with Crippen molar-refractivity contribution in [2.75, 3.05) is 0 Å². The Labute approximate surface area is 108 Å². The summed E-state index contributed by atoms with van der Waals surface area (Å²) in [6, 6.07) is 2.30. The van der Waals surface area contributed by atoms with Gasteiger partial charge in [0.2, 0.25) is 0 Å². The van der Waals surface area contributed by atoms with Crippen molar-refractivity contribution in [2.24, 2.45) is 0 Å². The lowest BCUT2D eigenvalue weighted by Gasteiger charge is -2.23. The van der Waals surface area contributed by atoms with Crippen LogP contribution in [-0.2, 0) is 6.42 Å². The van der Waals surface area contributed by atoms with Crippen molar-refractivity contribution < 1.29 is 4.79 Å². The van der Waals surface area contributed by atoms with Crippen molar-refractivity contribution in [3.8, 4) is 0 Å². The zero-order valence-electron chi connectivity index (χ0n) is 9.18. The maximum absolute atomic E-state index is 11.9. The van der Waals surface area contributed by atoms with Gasteiger partial charge in [0.1, 0.15) is 5.69 Å². The minimum atomic E-state index is -0.0599. The molecule has 0 radical (unpaired) electrons. The molecule has 0 aliphatic heterocycles. The molecule has 17 heavy (non-hydrogen) atoms. The van der Waals surface area contributed by atoms with E-state index < -0.39 is 0 Å². The summed E-state index contributed by atoms with van der Waals surface area (Å²) in [5, 5.41) is 6.97. The molecule has 2 aromatic heterocycles. The number of thiophene rings is 1. The number of hydrogen-bond acceptors (Lipinski definition) is 4. The number of fused-ring (bicyclic) bond motifs is 1. The molecule has 0 bridgehead atoms. The first-order valence-electron chi connectivity index (χ1n) is 5.60. The molecule has 5 heteroatoms. The van der Waals surface area contributed by atoms with Crippen molar-refractivity contribution in [2.45, 2.75) is 25.3 Å². The predicted molar refractivity (Wildman–Crippen MR) is 69.6 cm³/mol. The lowest BCUT2D eigenvalue weighted by molar-refractivity contribution is 0.0928. The van der Waals surface area contributed by atoms with Crippen molar-refractivity contribution >= 4 is 28.6 Å². The van der Waals surface area contributed by atoms with Gasteiger partial charge in [-0.15, -0.1) is 22.7 Å². The Hall–Kier alpha value is -1.20. The molecule has 0 aromatic carbocycles. The first-order chi connectivity index (χ1) is 8.34. The highest BCUT2D eigenvalue weighted by Crippen LogP contribution is 2.33. The van der Waals surface area contributed by atoms with Gasteiger partial charge in [-0.3, -0.25) is 4.79 Å². The first-order valence-corrected chi connectivity index (χ1v) is 7.42. The van der Waals surface area contributed by atoms with Gasteiger partial charge in [0.05, 0.1) is 11.6 Å². The third kappa shape index (κ3) is 2.12. The van der Waals surface area contributed by atoms with Gasteiger partial charge in [0, 0.05) is 10.3 Å². The molecular weight excluding hydrogens is 252 g/mol. The predicted octanol–water partition coefficient (Wildman–Crippen LogP) is 3.01. The van der Waals surface area contributed by atoms with Crippen molar-refractivity contribution in [3.63, 3.8) is 0 Å². The summed E-state index contributed by atoms with van der Waals surface area (Å²) in [7, 11) is 0. The van der Waals surface area contributed by atoms with Gasteiger partial charge in [-0.05, 0) is 36.3 Å². The Balaban J connectivity index is 1.77. The fourth-order valence-electron chi connectivity index (χ4n) is 2.19. The monoisotopic (exact) mass is 264 g/mol. The molecule has 3 rings (SSSR count). The molecule has 0 fully saturated rings. The number of rotatable bonds is 2. The molecule has 1 aliphatic rings. The zero-order chi connectivity index (χ0) is 11.7. The maximum Gasteiger partial charge on any atom is 0.271 e. The number of aryl methyl sites for hydroxylation is 1. The zero-order valence-corrected chi connectivity index (χ0v) is 10.8.